The number of aliphatic carboxylic acids is 1. The Bertz CT molecular complexity index is 1270. The fourth-order valence-electron chi connectivity index (χ4n) is 4.65. The van der Waals surface area contributed by atoms with Crippen LogP contribution in [0.4, 0.5) is 5.69 Å². The summed E-state index contributed by atoms with van der Waals surface area (Å²) in [7, 11) is 0. The van der Waals surface area contributed by atoms with E-state index < -0.39 is 17.7 Å². The van der Waals surface area contributed by atoms with E-state index in [-0.39, 0.29) is 5.91 Å². The maximum atomic E-state index is 12.6. The van der Waals surface area contributed by atoms with Crippen molar-refractivity contribution in [3.8, 4) is 11.1 Å². The minimum Gasteiger partial charge on any atom is -0.479 e. The lowest BCUT2D eigenvalue weighted by molar-refractivity contribution is -0.160. The first kappa shape index (κ1) is 23.3. The predicted octanol–water partition coefficient (Wildman–Crippen LogP) is 5.28. The first-order chi connectivity index (χ1) is 15.4. The molecule has 0 bridgehead atoms. The van der Waals surface area contributed by atoms with Crippen LogP contribution >= 0.6 is 11.6 Å². The van der Waals surface area contributed by atoms with Crippen molar-refractivity contribution in [2.45, 2.75) is 59.8 Å². The molecule has 33 heavy (non-hydrogen) atoms. The van der Waals surface area contributed by atoms with Crippen LogP contribution in [0, 0.1) is 13.8 Å². The monoisotopic (exact) mass is 469 g/mol. The predicted molar refractivity (Wildman–Crippen MR) is 129 cm³/mol. The molecule has 1 aliphatic rings. The van der Waals surface area contributed by atoms with Crippen molar-refractivity contribution in [2.75, 3.05) is 11.4 Å². The largest absolute Gasteiger partial charge is 0.479 e. The third-order valence-corrected chi connectivity index (χ3v) is 6.19. The van der Waals surface area contributed by atoms with E-state index in [2.05, 4.69) is 4.57 Å². The van der Waals surface area contributed by atoms with Gasteiger partial charge in [0.05, 0.1) is 22.3 Å². The number of carbonyl (C=O) groups excluding carboxylic acids is 1. The number of nitrogens with zero attached hydrogens (tertiary/aromatic N) is 3. The molecule has 3 aromatic rings. The molecule has 0 aliphatic carbocycles. The summed E-state index contributed by atoms with van der Waals surface area (Å²) in [6, 6.07) is 7.26. The molecule has 0 saturated heterocycles. The van der Waals surface area contributed by atoms with Gasteiger partial charge < -0.3 is 19.3 Å². The molecule has 174 valence electrons. The Labute approximate surface area is 197 Å². The van der Waals surface area contributed by atoms with Gasteiger partial charge in [0, 0.05) is 36.2 Å². The molecule has 1 N–H and O–H groups in total. The van der Waals surface area contributed by atoms with Crippen LogP contribution < -0.4 is 4.90 Å². The summed E-state index contributed by atoms with van der Waals surface area (Å²) in [5, 5.41) is 10.8. The molecule has 0 fully saturated rings. The number of carboxylic acid groups (broad SMARTS) is 1. The summed E-state index contributed by atoms with van der Waals surface area (Å²) in [6.07, 6.45) is -1.25. The van der Waals surface area contributed by atoms with Crippen molar-refractivity contribution in [1.82, 2.24) is 9.55 Å². The Morgan fingerprint density at radius 3 is 2.33 bits per heavy atom. The third-order valence-electron chi connectivity index (χ3n) is 5.94. The summed E-state index contributed by atoms with van der Waals surface area (Å²) in [5.41, 5.74) is 4.14. The third kappa shape index (κ3) is 4.00. The van der Waals surface area contributed by atoms with E-state index in [1.54, 1.807) is 17.0 Å². The van der Waals surface area contributed by atoms with Crippen LogP contribution in [0.25, 0.3) is 22.2 Å². The highest BCUT2D eigenvalue weighted by molar-refractivity contribution is 6.30. The van der Waals surface area contributed by atoms with Crippen molar-refractivity contribution in [2.24, 2.45) is 0 Å². The Morgan fingerprint density at radius 2 is 1.79 bits per heavy atom. The number of anilines is 1. The van der Waals surface area contributed by atoms with Gasteiger partial charge in [-0.25, -0.2) is 9.78 Å². The van der Waals surface area contributed by atoms with Crippen LogP contribution in [0.3, 0.4) is 0 Å². The quantitative estimate of drug-likeness (QED) is 0.561. The van der Waals surface area contributed by atoms with Gasteiger partial charge in [-0.3, -0.25) is 4.79 Å². The molecule has 2 aromatic carbocycles. The van der Waals surface area contributed by atoms with E-state index in [1.807, 2.05) is 46.8 Å². The van der Waals surface area contributed by atoms with Gasteiger partial charge in [-0.2, -0.15) is 0 Å². The average molecular weight is 470 g/mol. The number of carbonyl (C=O) groups is 2. The summed E-state index contributed by atoms with van der Waals surface area (Å²) < 4.78 is 8.19. The summed E-state index contributed by atoms with van der Waals surface area (Å²) in [6.45, 7) is 11.9. The average Bonchev–Trinajstić information content (AvgIpc) is 3.05. The van der Waals surface area contributed by atoms with Crippen molar-refractivity contribution in [3.05, 3.63) is 46.2 Å². The zero-order valence-corrected chi connectivity index (χ0v) is 20.4. The normalized spacial score (nSPS) is 14.6. The number of hydrogen-bond acceptors (Lipinski definition) is 4. The van der Waals surface area contributed by atoms with Gasteiger partial charge in [-0.1, -0.05) is 23.7 Å². The summed E-state index contributed by atoms with van der Waals surface area (Å²) in [4.78, 5) is 31.7. The van der Waals surface area contributed by atoms with Crippen LogP contribution in [-0.2, 0) is 20.9 Å². The Kier molecular flexibility index (Phi) is 5.75. The SMILES string of the molecule is CC(=O)N1CCn2c(C)nc3c(-c4ccc(Cl)cc4)c(C(OC(C)(C)C)C(=O)O)c(C)c1c32. The standard InChI is InChI=1S/C25H28ClN3O4/c1-13-18(23(24(31)32)33-25(4,5)6)19(16-7-9-17(26)10-8-16)20-22-21(13)29(15(3)30)12-11-28(22)14(2)27-20/h7-10,23H,11-12H2,1-6H3,(H,31,32). The van der Waals surface area contributed by atoms with Crippen LogP contribution in [0.1, 0.15) is 50.8 Å². The Morgan fingerprint density at radius 1 is 1.15 bits per heavy atom. The minimum absolute atomic E-state index is 0.0988. The second-order valence-corrected chi connectivity index (χ2v) is 9.83. The highest BCUT2D eigenvalue weighted by atomic mass is 35.5. The van der Waals surface area contributed by atoms with Gasteiger partial charge in [0.1, 0.15) is 5.82 Å². The van der Waals surface area contributed by atoms with Crippen molar-refractivity contribution in [1.29, 1.82) is 0 Å². The lowest BCUT2D eigenvalue weighted by Crippen LogP contribution is -2.37. The van der Waals surface area contributed by atoms with E-state index in [0.29, 0.717) is 46.0 Å². The van der Waals surface area contributed by atoms with Gasteiger partial charge in [0.2, 0.25) is 5.91 Å². The molecule has 8 heteroatoms. The van der Waals surface area contributed by atoms with Crippen LogP contribution in [0.15, 0.2) is 24.3 Å². The van der Waals surface area contributed by atoms with Crippen LogP contribution in [-0.4, -0.2) is 38.7 Å². The van der Waals surface area contributed by atoms with E-state index in [9.17, 15) is 14.7 Å². The van der Waals surface area contributed by atoms with E-state index in [0.717, 1.165) is 16.9 Å². The second-order valence-electron chi connectivity index (χ2n) is 9.40. The molecule has 7 nitrogen and oxygen atoms in total. The molecule has 0 saturated carbocycles. The fraction of sp³-hybridized carbons (Fsp3) is 0.400. The number of aromatic nitrogens is 2. The topological polar surface area (TPSA) is 84.7 Å². The molecule has 1 atom stereocenters. The summed E-state index contributed by atoms with van der Waals surface area (Å²) >= 11 is 6.15. The molecular formula is C25H28ClN3O4. The number of ether oxygens (including phenoxy) is 1. The molecule has 1 aliphatic heterocycles. The van der Waals surface area contributed by atoms with E-state index in [1.165, 1.54) is 6.92 Å². The first-order valence-electron chi connectivity index (χ1n) is 10.9. The Hall–Kier alpha value is -2.90. The van der Waals surface area contributed by atoms with Gasteiger partial charge in [0.15, 0.2) is 6.10 Å². The molecule has 1 amide bonds. The van der Waals surface area contributed by atoms with E-state index >= 15 is 0 Å². The molecule has 0 spiro atoms. The molecule has 1 unspecified atom stereocenters. The van der Waals surface area contributed by atoms with Crippen molar-refractivity contribution < 1.29 is 19.4 Å². The van der Waals surface area contributed by atoms with Crippen molar-refractivity contribution >= 4 is 40.2 Å². The van der Waals surface area contributed by atoms with E-state index in [4.69, 9.17) is 21.3 Å². The van der Waals surface area contributed by atoms with Gasteiger partial charge in [-0.15, -0.1) is 0 Å². The Balaban J connectivity index is 2.18. The minimum atomic E-state index is -1.25. The smallest absolute Gasteiger partial charge is 0.337 e. The lowest BCUT2D eigenvalue weighted by atomic mass is 9.88. The number of benzene rings is 2. The summed E-state index contributed by atoms with van der Waals surface area (Å²) in [5.74, 6) is -0.390. The molecule has 4 rings (SSSR count). The maximum Gasteiger partial charge on any atom is 0.337 e. The number of amides is 1. The molecular weight excluding hydrogens is 442 g/mol. The number of hydrogen-bond donors (Lipinski definition) is 1. The number of carboxylic acids is 1. The zero-order valence-electron chi connectivity index (χ0n) is 19.7. The molecule has 0 radical (unpaired) electrons. The zero-order chi connectivity index (χ0) is 24.2. The van der Waals surface area contributed by atoms with Crippen LogP contribution in [0.2, 0.25) is 5.02 Å². The number of imidazole rings is 1. The number of aryl methyl sites for hydroxylation is 1. The van der Waals surface area contributed by atoms with Gasteiger partial charge in [0.25, 0.3) is 0 Å². The lowest BCUT2D eigenvalue weighted by Gasteiger charge is -2.33. The van der Waals surface area contributed by atoms with Gasteiger partial charge >= 0.3 is 5.97 Å². The fourth-order valence-corrected chi connectivity index (χ4v) is 4.78. The maximum absolute atomic E-state index is 12.6. The van der Waals surface area contributed by atoms with Crippen molar-refractivity contribution in [3.63, 3.8) is 0 Å². The highest BCUT2D eigenvalue weighted by Gasteiger charge is 2.37. The highest BCUT2D eigenvalue weighted by Crippen LogP contribution is 2.47. The number of rotatable bonds is 4. The molecule has 2 heterocycles. The first-order valence-corrected chi connectivity index (χ1v) is 11.3. The van der Waals surface area contributed by atoms with Gasteiger partial charge in [-0.05, 0) is 57.9 Å². The number of halogens is 1. The van der Waals surface area contributed by atoms with Crippen LogP contribution in [0.5, 0.6) is 0 Å². The second kappa shape index (κ2) is 8.15. The molecule has 1 aromatic heterocycles.